The fourth-order valence-corrected chi connectivity index (χ4v) is 2.41. The molecule has 0 fully saturated rings. The molecule has 3 aromatic rings. The van der Waals surface area contributed by atoms with Gasteiger partial charge in [-0.1, -0.05) is 30.3 Å². The summed E-state index contributed by atoms with van der Waals surface area (Å²) in [5, 5.41) is 14.5. The monoisotopic (exact) mass is 404 g/mol. The number of halogens is 3. The molecule has 1 aromatic heterocycles. The van der Waals surface area contributed by atoms with Gasteiger partial charge >= 0.3 is 12.3 Å². The molecular formula is C19H15F3N4O3. The van der Waals surface area contributed by atoms with Crippen molar-refractivity contribution in [3.8, 4) is 17.0 Å². The van der Waals surface area contributed by atoms with E-state index in [-0.39, 0.29) is 11.6 Å². The molecule has 0 spiro atoms. The number of carboxylic acids is 1. The number of aromatic nitrogens is 2. The van der Waals surface area contributed by atoms with E-state index < -0.39 is 24.6 Å². The Morgan fingerprint density at radius 3 is 2.48 bits per heavy atom. The van der Waals surface area contributed by atoms with Gasteiger partial charge in [0.1, 0.15) is 18.1 Å². The van der Waals surface area contributed by atoms with Crippen LogP contribution in [0, 0.1) is 0 Å². The minimum absolute atomic E-state index is 0.00507. The van der Waals surface area contributed by atoms with Crippen LogP contribution in [0.5, 0.6) is 5.75 Å². The van der Waals surface area contributed by atoms with E-state index in [0.717, 1.165) is 5.69 Å². The molecule has 7 nitrogen and oxygen atoms in total. The molecule has 0 radical (unpaired) electrons. The Morgan fingerprint density at radius 1 is 1.03 bits per heavy atom. The van der Waals surface area contributed by atoms with Crippen LogP contribution in [0.1, 0.15) is 0 Å². The van der Waals surface area contributed by atoms with Crippen LogP contribution in [0.2, 0.25) is 0 Å². The maximum absolute atomic E-state index is 12.5. The van der Waals surface area contributed by atoms with Gasteiger partial charge in [-0.25, -0.2) is 4.98 Å². The number of nitrogens with one attached hydrogen (secondary N) is 2. The number of anilines is 3. The zero-order chi connectivity index (χ0) is 20.9. The minimum Gasteiger partial charge on any atom is -0.480 e. The van der Waals surface area contributed by atoms with Crippen LogP contribution in [-0.2, 0) is 4.79 Å². The molecule has 0 saturated carbocycles. The minimum atomic E-state index is -4.82. The Hall–Kier alpha value is -3.82. The van der Waals surface area contributed by atoms with Crippen LogP contribution in [0.4, 0.5) is 30.6 Å². The molecule has 0 aliphatic carbocycles. The first kappa shape index (κ1) is 19.9. The number of aliphatic carboxylic acids is 1. The molecule has 0 aliphatic rings. The van der Waals surface area contributed by atoms with Gasteiger partial charge in [0.2, 0.25) is 5.95 Å². The molecule has 29 heavy (non-hydrogen) atoms. The molecule has 3 N–H and O–H groups in total. The van der Waals surface area contributed by atoms with Gasteiger partial charge in [-0.05, 0) is 24.3 Å². The highest BCUT2D eigenvalue weighted by Crippen LogP contribution is 2.29. The predicted molar refractivity (Wildman–Crippen MR) is 100 cm³/mol. The highest BCUT2D eigenvalue weighted by Gasteiger charge is 2.31. The topological polar surface area (TPSA) is 96.4 Å². The highest BCUT2D eigenvalue weighted by atomic mass is 19.4. The van der Waals surface area contributed by atoms with Gasteiger partial charge in [0.05, 0.1) is 5.69 Å². The SMILES string of the molecule is O=C(O)CNc1nc(Nc2ccccc2)cc(-c2cccc(OC(F)(F)F)c2)n1. The predicted octanol–water partition coefficient (Wildman–Crippen LogP) is 4.28. The summed E-state index contributed by atoms with van der Waals surface area (Å²) in [4.78, 5) is 19.2. The largest absolute Gasteiger partial charge is 0.573 e. The molecule has 0 amide bonds. The fraction of sp³-hybridized carbons (Fsp3) is 0.105. The molecule has 0 atom stereocenters. The van der Waals surface area contributed by atoms with Crippen molar-refractivity contribution in [2.75, 3.05) is 17.2 Å². The van der Waals surface area contributed by atoms with Crippen molar-refractivity contribution < 1.29 is 27.8 Å². The van der Waals surface area contributed by atoms with E-state index in [1.807, 2.05) is 18.2 Å². The molecule has 1 heterocycles. The first-order chi connectivity index (χ1) is 13.8. The number of rotatable bonds is 7. The summed E-state index contributed by atoms with van der Waals surface area (Å²) in [6.45, 7) is -0.425. The van der Waals surface area contributed by atoms with E-state index >= 15 is 0 Å². The van der Waals surface area contributed by atoms with E-state index in [1.165, 1.54) is 24.3 Å². The first-order valence-corrected chi connectivity index (χ1v) is 8.31. The van der Waals surface area contributed by atoms with Crippen molar-refractivity contribution in [3.63, 3.8) is 0 Å². The van der Waals surface area contributed by atoms with E-state index in [0.29, 0.717) is 11.4 Å². The average molecular weight is 404 g/mol. The summed E-state index contributed by atoms with van der Waals surface area (Å²) in [6, 6.07) is 15.9. The summed E-state index contributed by atoms with van der Waals surface area (Å²) in [6.07, 6.45) is -4.82. The lowest BCUT2D eigenvalue weighted by Gasteiger charge is -2.12. The molecule has 0 unspecified atom stereocenters. The van der Waals surface area contributed by atoms with Crippen LogP contribution < -0.4 is 15.4 Å². The molecular weight excluding hydrogens is 389 g/mol. The molecule has 3 rings (SSSR count). The Labute approximate surface area is 163 Å². The summed E-state index contributed by atoms with van der Waals surface area (Å²) in [5.74, 6) is -1.18. The van der Waals surface area contributed by atoms with Crippen LogP contribution in [0.3, 0.4) is 0 Å². The second-order valence-electron chi connectivity index (χ2n) is 5.78. The van der Waals surface area contributed by atoms with Crippen LogP contribution in [0.25, 0.3) is 11.3 Å². The third-order valence-electron chi connectivity index (χ3n) is 3.53. The Morgan fingerprint density at radius 2 is 1.79 bits per heavy atom. The van der Waals surface area contributed by atoms with E-state index in [9.17, 15) is 18.0 Å². The van der Waals surface area contributed by atoms with E-state index in [4.69, 9.17) is 5.11 Å². The molecule has 2 aromatic carbocycles. The molecule has 0 bridgehead atoms. The van der Waals surface area contributed by atoms with Gasteiger partial charge < -0.3 is 20.5 Å². The van der Waals surface area contributed by atoms with Crippen LogP contribution in [0.15, 0.2) is 60.7 Å². The Balaban J connectivity index is 1.96. The van der Waals surface area contributed by atoms with Gasteiger partial charge in [0.25, 0.3) is 0 Å². The van der Waals surface area contributed by atoms with Gasteiger partial charge in [0.15, 0.2) is 0 Å². The van der Waals surface area contributed by atoms with Crippen molar-refractivity contribution in [1.82, 2.24) is 9.97 Å². The van der Waals surface area contributed by atoms with Crippen molar-refractivity contribution in [1.29, 1.82) is 0 Å². The number of nitrogens with zero attached hydrogens (tertiary/aromatic N) is 2. The molecule has 0 saturated heterocycles. The third-order valence-corrected chi connectivity index (χ3v) is 3.53. The van der Waals surface area contributed by atoms with E-state index in [2.05, 4.69) is 25.3 Å². The first-order valence-electron chi connectivity index (χ1n) is 8.31. The maximum atomic E-state index is 12.5. The zero-order valence-corrected chi connectivity index (χ0v) is 14.8. The highest BCUT2D eigenvalue weighted by molar-refractivity contribution is 5.73. The lowest BCUT2D eigenvalue weighted by Crippen LogP contribution is -2.17. The second-order valence-corrected chi connectivity index (χ2v) is 5.78. The summed E-state index contributed by atoms with van der Waals surface area (Å²) in [7, 11) is 0. The lowest BCUT2D eigenvalue weighted by molar-refractivity contribution is -0.274. The van der Waals surface area contributed by atoms with Gasteiger partial charge in [0, 0.05) is 17.3 Å². The maximum Gasteiger partial charge on any atom is 0.573 e. The molecule has 10 heteroatoms. The van der Waals surface area contributed by atoms with Crippen molar-refractivity contribution >= 4 is 23.4 Å². The molecule has 0 aliphatic heterocycles. The normalized spacial score (nSPS) is 11.0. The number of hydrogen-bond donors (Lipinski definition) is 3. The smallest absolute Gasteiger partial charge is 0.480 e. The Kier molecular flexibility index (Phi) is 5.82. The van der Waals surface area contributed by atoms with Crippen LogP contribution >= 0.6 is 0 Å². The number of benzene rings is 2. The van der Waals surface area contributed by atoms with Gasteiger partial charge in [-0.3, -0.25) is 4.79 Å². The summed E-state index contributed by atoms with van der Waals surface area (Å²) < 4.78 is 41.4. The van der Waals surface area contributed by atoms with Crippen LogP contribution in [-0.4, -0.2) is 34.0 Å². The second kappa shape index (κ2) is 8.46. The third kappa shape index (κ3) is 6.09. The van der Waals surface area contributed by atoms with Gasteiger partial charge in [-0.15, -0.1) is 13.2 Å². The lowest BCUT2D eigenvalue weighted by atomic mass is 10.1. The fourth-order valence-electron chi connectivity index (χ4n) is 2.41. The summed E-state index contributed by atoms with van der Waals surface area (Å²) in [5.41, 5.74) is 1.33. The van der Waals surface area contributed by atoms with Crippen molar-refractivity contribution in [3.05, 3.63) is 60.7 Å². The number of ether oxygens (including phenoxy) is 1. The zero-order valence-electron chi connectivity index (χ0n) is 14.8. The Bertz CT molecular complexity index is 997. The van der Waals surface area contributed by atoms with Crippen molar-refractivity contribution in [2.24, 2.45) is 0 Å². The summed E-state index contributed by atoms with van der Waals surface area (Å²) >= 11 is 0. The van der Waals surface area contributed by atoms with Gasteiger partial charge in [-0.2, -0.15) is 4.98 Å². The number of para-hydroxylation sites is 1. The quantitative estimate of drug-likeness (QED) is 0.541. The number of hydrogen-bond acceptors (Lipinski definition) is 6. The number of carboxylic acid groups (broad SMARTS) is 1. The number of alkyl halides is 3. The average Bonchev–Trinajstić information content (AvgIpc) is 2.66. The van der Waals surface area contributed by atoms with E-state index in [1.54, 1.807) is 18.2 Å². The number of carbonyl (C=O) groups is 1. The standard InChI is InChI=1S/C19H15F3N4O3/c20-19(21,22)29-14-8-4-5-12(9-14)15-10-16(24-13-6-2-1-3-7-13)26-18(25-15)23-11-17(27)28/h1-10H,11H2,(H,27,28)(H2,23,24,25,26). The van der Waals surface area contributed by atoms with Crippen molar-refractivity contribution in [2.45, 2.75) is 6.36 Å². The molecule has 150 valence electrons.